The molecule has 0 aliphatic carbocycles. The number of hydrogen-bond acceptors (Lipinski definition) is 1. The Morgan fingerprint density at radius 1 is 1.29 bits per heavy atom. The smallest absolute Gasteiger partial charge is 0.0467 e. The van der Waals surface area contributed by atoms with E-state index in [1.54, 1.807) is 0 Å². The van der Waals surface area contributed by atoms with Crippen LogP contribution in [0.4, 0.5) is 0 Å². The van der Waals surface area contributed by atoms with Crippen LogP contribution in [-0.4, -0.2) is 12.3 Å². The quantitative estimate of drug-likeness (QED) is 0.609. The Morgan fingerprint density at radius 2 is 2.00 bits per heavy atom. The molecule has 0 saturated heterocycles. The third-order valence-corrected chi connectivity index (χ3v) is 2.88. The first kappa shape index (κ1) is 13.7. The van der Waals surface area contributed by atoms with E-state index in [0.717, 1.165) is 6.42 Å². The minimum absolute atomic E-state index is 0.461. The molecule has 1 heteroatoms. The van der Waals surface area contributed by atoms with Gasteiger partial charge in [0.05, 0.1) is 0 Å². The first-order valence-corrected chi connectivity index (χ1v) is 6.49. The molecule has 1 rings (SSSR count). The van der Waals surface area contributed by atoms with Gasteiger partial charge in [0.25, 0.3) is 0 Å². The number of hydrogen-bond donors (Lipinski definition) is 0. The third-order valence-electron chi connectivity index (χ3n) is 2.88. The highest BCUT2D eigenvalue weighted by atomic mass is 14.7. The summed E-state index contributed by atoms with van der Waals surface area (Å²) in [5, 5.41) is 0. The summed E-state index contributed by atoms with van der Waals surface area (Å²) in [5.41, 5.74) is 2.48. The van der Waals surface area contributed by atoms with Gasteiger partial charge in [0.2, 0.25) is 0 Å². The zero-order valence-electron chi connectivity index (χ0n) is 11.0. The van der Waals surface area contributed by atoms with Crippen LogP contribution in [0.5, 0.6) is 0 Å². The minimum Gasteiger partial charge on any atom is -0.294 e. The van der Waals surface area contributed by atoms with Crippen LogP contribution in [0.2, 0.25) is 0 Å². The fourth-order valence-electron chi connectivity index (χ4n) is 1.70. The SMILES string of the molecule is C=Cc1ccc(CC=NC(C)CCCC)cc1. The molecule has 0 fully saturated rings. The summed E-state index contributed by atoms with van der Waals surface area (Å²) in [4.78, 5) is 4.55. The van der Waals surface area contributed by atoms with Gasteiger partial charge in [0.15, 0.2) is 0 Å². The Bertz CT molecular complexity index is 348. The molecule has 1 unspecified atom stereocenters. The highest BCUT2D eigenvalue weighted by Crippen LogP contribution is 2.06. The van der Waals surface area contributed by atoms with Crippen molar-refractivity contribution in [3.63, 3.8) is 0 Å². The fraction of sp³-hybridized carbons (Fsp3) is 0.438. The number of nitrogens with zero attached hydrogens (tertiary/aromatic N) is 1. The zero-order chi connectivity index (χ0) is 12.5. The maximum Gasteiger partial charge on any atom is 0.0467 e. The number of unbranched alkanes of at least 4 members (excludes halogenated alkanes) is 1. The summed E-state index contributed by atoms with van der Waals surface area (Å²) < 4.78 is 0. The van der Waals surface area contributed by atoms with Crippen molar-refractivity contribution < 1.29 is 0 Å². The lowest BCUT2D eigenvalue weighted by atomic mass is 10.1. The molecule has 0 N–H and O–H groups in total. The second-order valence-corrected chi connectivity index (χ2v) is 4.47. The van der Waals surface area contributed by atoms with E-state index in [2.05, 4.69) is 49.7 Å². The van der Waals surface area contributed by atoms with Crippen LogP contribution in [0, 0.1) is 0 Å². The highest BCUT2D eigenvalue weighted by Gasteiger charge is 1.96. The van der Waals surface area contributed by atoms with E-state index >= 15 is 0 Å². The van der Waals surface area contributed by atoms with Gasteiger partial charge in [-0.1, -0.05) is 56.7 Å². The standard InChI is InChI=1S/C16H23N/c1-4-6-7-14(3)17-13-12-16-10-8-15(5-2)9-11-16/h5,8-11,13-14H,2,4,6-7,12H2,1,3H3. The number of rotatable bonds is 7. The van der Waals surface area contributed by atoms with Gasteiger partial charge >= 0.3 is 0 Å². The van der Waals surface area contributed by atoms with Gasteiger partial charge in [-0.25, -0.2) is 0 Å². The Labute approximate surface area is 105 Å². The van der Waals surface area contributed by atoms with Crippen LogP contribution in [-0.2, 0) is 6.42 Å². The molecule has 17 heavy (non-hydrogen) atoms. The van der Waals surface area contributed by atoms with Crippen LogP contribution >= 0.6 is 0 Å². The van der Waals surface area contributed by atoms with Crippen molar-refractivity contribution >= 4 is 12.3 Å². The van der Waals surface area contributed by atoms with Crippen molar-refractivity contribution in [1.82, 2.24) is 0 Å². The number of benzene rings is 1. The Balaban J connectivity index is 2.38. The monoisotopic (exact) mass is 229 g/mol. The molecule has 0 spiro atoms. The maximum atomic E-state index is 4.55. The van der Waals surface area contributed by atoms with Crippen LogP contribution in [0.25, 0.3) is 6.08 Å². The Kier molecular flexibility index (Phi) is 6.31. The van der Waals surface area contributed by atoms with Gasteiger partial charge in [0, 0.05) is 18.7 Å². The first-order valence-electron chi connectivity index (χ1n) is 6.49. The zero-order valence-corrected chi connectivity index (χ0v) is 11.0. The maximum absolute atomic E-state index is 4.55. The summed E-state index contributed by atoms with van der Waals surface area (Å²) in [6, 6.07) is 8.93. The van der Waals surface area contributed by atoms with E-state index < -0.39 is 0 Å². The van der Waals surface area contributed by atoms with E-state index in [0.29, 0.717) is 6.04 Å². The molecule has 1 atom stereocenters. The number of aliphatic imine (C=N–C) groups is 1. The predicted octanol–water partition coefficient (Wildman–Crippen LogP) is 4.52. The van der Waals surface area contributed by atoms with E-state index in [4.69, 9.17) is 0 Å². The van der Waals surface area contributed by atoms with Gasteiger partial charge in [-0.05, 0) is 24.5 Å². The van der Waals surface area contributed by atoms with Crippen molar-refractivity contribution in [1.29, 1.82) is 0 Å². The Morgan fingerprint density at radius 3 is 2.59 bits per heavy atom. The molecule has 92 valence electrons. The fourth-order valence-corrected chi connectivity index (χ4v) is 1.70. The van der Waals surface area contributed by atoms with Crippen LogP contribution in [0.3, 0.4) is 0 Å². The second kappa shape index (κ2) is 7.83. The summed E-state index contributed by atoms with van der Waals surface area (Å²) in [7, 11) is 0. The second-order valence-electron chi connectivity index (χ2n) is 4.47. The average molecular weight is 229 g/mol. The van der Waals surface area contributed by atoms with Crippen molar-refractivity contribution in [2.24, 2.45) is 4.99 Å². The van der Waals surface area contributed by atoms with Gasteiger partial charge in [0.1, 0.15) is 0 Å². The summed E-state index contributed by atoms with van der Waals surface area (Å²) >= 11 is 0. The molecule has 0 aliphatic heterocycles. The largest absolute Gasteiger partial charge is 0.294 e. The van der Waals surface area contributed by atoms with Crippen molar-refractivity contribution in [3.05, 3.63) is 42.0 Å². The summed E-state index contributed by atoms with van der Waals surface area (Å²) in [6.45, 7) is 8.16. The lowest BCUT2D eigenvalue weighted by Crippen LogP contribution is -1.98. The molecule has 0 aromatic heterocycles. The molecule has 1 aromatic carbocycles. The Hall–Kier alpha value is -1.37. The van der Waals surface area contributed by atoms with Gasteiger partial charge in [-0.2, -0.15) is 0 Å². The molecule has 0 radical (unpaired) electrons. The average Bonchev–Trinajstić information content (AvgIpc) is 2.37. The first-order chi connectivity index (χ1) is 8.26. The predicted molar refractivity (Wildman–Crippen MR) is 77.7 cm³/mol. The normalized spacial score (nSPS) is 12.8. The molecule has 0 amide bonds. The molecule has 0 saturated carbocycles. The van der Waals surface area contributed by atoms with E-state index in [-0.39, 0.29) is 0 Å². The van der Waals surface area contributed by atoms with Gasteiger partial charge < -0.3 is 0 Å². The summed E-state index contributed by atoms with van der Waals surface area (Å²) in [5.74, 6) is 0. The molecule has 1 nitrogen and oxygen atoms in total. The van der Waals surface area contributed by atoms with Gasteiger partial charge in [-0.15, -0.1) is 0 Å². The van der Waals surface area contributed by atoms with E-state index in [1.165, 1.54) is 30.4 Å². The van der Waals surface area contributed by atoms with Crippen LogP contribution < -0.4 is 0 Å². The molecule has 0 heterocycles. The van der Waals surface area contributed by atoms with Crippen LogP contribution in [0.1, 0.15) is 44.2 Å². The highest BCUT2D eigenvalue weighted by molar-refractivity contribution is 5.62. The minimum atomic E-state index is 0.461. The van der Waals surface area contributed by atoms with Crippen molar-refractivity contribution in [2.75, 3.05) is 0 Å². The van der Waals surface area contributed by atoms with Crippen molar-refractivity contribution in [3.8, 4) is 0 Å². The topological polar surface area (TPSA) is 12.4 Å². The molecule has 1 aromatic rings. The van der Waals surface area contributed by atoms with E-state index in [1.807, 2.05) is 12.3 Å². The molecular weight excluding hydrogens is 206 g/mol. The van der Waals surface area contributed by atoms with Crippen molar-refractivity contribution in [2.45, 2.75) is 45.6 Å². The van der Waals surface area contributed by atoms with Gasteiger partial charge in [-0.3, -0.25) is 4.99 Å². The molecule has 0 bridgehead atoms. The lowest BCUT2D eigenvalue weighted by molar-refractivity contribution is 0.619. The lowest BCUT2D eigenvalue weighted by Gasteiger charge is -2.04. The molecular formula is C16H23N. The summed E-state index contributed by atoms with van der Waals surface area (Å²) in [6.07, 6.45) is 8.56. The van der Waals surface area contributed by atoms with Crippen LogP contribution in [0.15, 0.2) is 35.8 Å². The third kappa shape index (κ3) is 5.48. The molecule has 0 aliphatic rings. The van der Waals surface area contributed by atoms with E-state index in [9.17, 15) is 0 Å².